The van der Waals surface area contributed by atoms with Gasteiger partial charge in [0.25, 0.3) is 0 Å². The molecule has 8 heteroatoms. The van der Waals surface area contributed by atoms with Gasteiger partial charge < -0.3 is 20.0 Å². The number of aliphatic hydroxyl groups is 2. The van der Waals surface area contributed by atoms with Gasteiger partial charge in [-0.2, -0.15) is 0 Å². The molecular weight excluding hydrogens is 422 g/mol. The average Bonchev–Trinajstić information content (AvgIpc) is 2.68. The largest absolute Gasteiger partial charge is 0.384 e. The summed E-state index contributed by atoms with van der Waals surface area (Å²) in [6.45, 7) is 0. The molecule has 0 bridgehead atoms. The van der Waals surface area contributed by atoms with Crippen LogP contribution in [0.25, 0.3) is 11.1 Å². The highest BCUT2D eigenvalue weighted by Crippen LogP contribution is 2.49. The van der Waals surface area contributed by atoms with Gasteiger partial charge in [-0.3, -0.25) is 4.57 Å². The normalized spacial score (nSPS) is 13.9. The minimum atomic E-state index is -4.61. The molecule has 0 fully saturated rings. The van der Waals surface area contributed by atoms with Crippen molar-refractivity contribution in [3.8, 4) is 11.1 Å². The fraction of sp³-hybridized carbons (Fsp3) is 0.100. The van der Waals surface area contributed by atoms with Crippen molar-refractivity contribution in [2.75, 3.05) is 0 Å². The number of aliphatic hydroxyl groups excluding tert-OH is 2. The highest BCUT2D eigenvalue weighted by Gasteiger charge is 2.27. The maximum absolute atomic E-state index is 11.1. The summed E-state index contributed by atoms with van der Waals surface area (Å²) in [7, 11) is -4.61. The fourth-order valence-electron chi connectivity index (χ4n) is 2.77. The summed E-state index contributed by atoms with van der Waals surface area (Å²) in [6.07, 6.45) is -0.857. The molecule has 146 valence electrons. The quantitative estimate of drug-likeness (QED) is 0.424. The summed E-state index contributed by atoms with van der Waals surface area (Å²) in [6, 6.07) is 18.4. The molecule has 0 aliphatic heterocycles. The number of benzene rings is 3. The lowest BCUT2D eigenvalue weighted by molar-refractivity contribution is 0.205. The Bertz CT molecular complexity index is 1020. The van der Waals surface area contributed by atoms with Crippen LogP contribution in [0.1, 0.15) is 28.6 Å². The van der Waals surface area contributed by atoms with Crippen molar-refractivity contribution in [1.82, 2.24) is 0 Å². The smallest absolute Gasteiger partial charge is 0.358 e. The van der Waals surface area contributed by atoms with Crippen LogP contribution in [0, 0.1) is 0 Å². The lowest BCUT2D eigenvalue weighted by Gasteiger charge is -2.14. The van der Waals surface area contributed by atoms with Crippen LogP contribution < -0.4 is 0 Å². The van der Waals surface area contributed by atoms with Gasteiger partial charge in [-0.05, 0) is 39.9 Å². The molecule has 2 atom stereocenters. The number of halogens is 2. The first-order valence-electron chi connectivity index (χ1n) is 8.23. The van der Waals surface area contributed by atoms with E-state index in [1.165, 1.54) is 12.1 Å². The molecular formula is C20H17Cl2O5P. The third-order valence-corrected chi connectivity index (χ3v) is 6.02. The summed E-state index contributed by atoms with van der Waals surface area (Å²) in [5, 5.41) is 21.0. The Labute approximate surface area is 172 Å². The van der Waals surface area contributed by atoms with Gasteiger partial charge in [-0.1, -0.05) is 77.8 Å². The van der Waals surface area contributed by atoms with Crippen LogP contribution in [0.2, 0.25) is 10.0 Å². The van der Waals surface area contributed by atoms with E-state index in [-0.39, 0.29) is 5.56 Å². The van der Waals surface area contributed by atoms with Gasteiger partial charge in [-0.25, -0.2) is 0 Å². The monoisotopic (exact) mass is 438 g/mol. The molecule has 4 N–H and O–H groups in total. The SMILES string of the molecule is O=P(O)(O)[C@H](O)c1ccc(-c2ccc([C@H](O)c3ccc(Cl)c(Cl)c3)cc2)cc1. The molecule has 3 rings (SSSR count). The predicted octanol–water partition coefficient (Wildman–Crippen LogP) is 4.91. The number of hydrogen-bond donors (Lipinski definition) is 4. The van der Waals surface area contributed by atoms with E-state index in [0.29, 0.717) is 21.2 Å². The highest BCUT2D eigenvalue weighted by atomic mass is 35.5. The second-order valence-electron chi connectivity index (χ2n) is 6.28. The number of rotatable bonds is 5. The molecule has 3 aromatic carbocycles. The zero-order chi connectivity index (χ0) is 20.5. The molecule has 0 unspecified atom stereocenters. The molecule has 0 amide bonds. The second-order valence-corrected chi connectivity index (χ2v) is 8.76. The molecule has 0 heterocycles. The van der Waals surface area contributed by atoms with Crippen molar-refractivity contribution in [3.05, 3.63) is 93.5 Å². The van der Waals surface area contributed by atoms with Crippen molar-refractivity contribution in [1.29, 1.82) is 0 Å². The van der Waals surface area contributed by atoms with Crippen molar-refractivity contribution in [2.45, 2.75) is 11.9 Å². The van der Waals surface area contributed by atoms with Gasteiger partial charge in [0.15, 0.2) is 5.85 Å². The molecule has 0 saturated carbocycles. The Kier molecular flexibility index (Phi) is 6.28. The summed E-state index contributed by atoms with van der Waals surface area (Å²) in [5.74, 6) is -1.84. The molecule has 0 aliphatic carbocycles. The first kappa shape index (κ1) is 21.0. The van der Waals surface area contributed by atoms with Crippen molar-refractivity contribution in [3.63, 3.8) is 0 Å². The second kappa shape index (κ2) is 8.36. The van der Waals surface area contributed by atoms with Crippen LogP contribution >= 0.6 is 30.8 Å². The van der Waals surface area contributed by atoms with Crippen molar-refractivity contribution >= 4 is 30.8 Å². The summed E-state index contributed by atoms with van der Waals surface area (Å²) in [5.41, 5.74) is 3.09. The molecule has 28 heavy (non-hydrogen) atoms. The van der Waals surface area contributed by atoms with E-state index >= 15 is 0 Å². The highest BCUT2D eigenvalue weighted by molar-refractivity contribution is 7.51. The summed E-state index contributed by atoms with van der Waals surface area (Å²) in [4.78, 5) is 18.1. The molecule has 3 aromatic rings. The van der Waals surface area contributed by atoms with Crippen LogP contribution in [-0.4, -0.2) is 20.0 Å². The summed E-state index contributed by atoms with van der Waals surface area (Å²) < 4.78 is 11.1. The molecule has 0 aromatic heterocycles. The lowest BCUT2D eigenvalue weighted by atomic mass is 9.98. The third-order valence-electron chi connectivity index (χ3n) is 4.35. The van der Waals surface area contributed by atoms with E-state index in [1.54, 1.807) is 42.5 Å². The molecule has 5 nitrogen and oxygen atoms in total. The Hall–Kier alpha value is -1.69. The first-order chi connectivity index (χ1) is 13.2. The molecule has 0 aliphatic rings. The van der Waals surface area contributed by atoms with Crippen molar-refractivity contribution in [2.24, 2.45) is 0 Å². The minimum Gasteiger partial charge on any atom is -0.384 e. The van der Waals surface area contributed by atoms with Crippen molar-refractivity contribution < 1.29 is 24.6 Å². The van der Waals surface area contributed by atoms with E-state index in [0.717, 1.165) is 11.1 Å². The molecule has 0 saturated heterocycles. The lowest BCUT2D eigenvalue weighted by Crippen LogP contribution is -1.99. The number of hydrogen-bond acceptors (Lipinski definition) is 3. The summed E-state index contributed by atoms with van der Waals surface area (Å²) >= 11 is 11.9. The van der Waals surface area contributed by atoms with E-state index in [2.05, 4.69) is 0 Å². The maximum Gasteiger partial charge on any atom is 0.358 e. The zero-order valence-electron chi connectivity index (χ0n) is 14.4. The Balaban J connectivity index is 1.80. The van der Waals surface area contributed by atoms with Crippen LogP contribution in [0.5, 0.6) is 0 Å². The van der Waals surface area contributed by atoms with Gasteiger partial charge in [0.05, 0.1) is 10.0 Å². The standard InChI is InChI=1S/C20H17Cl2O5P/c21-17-10-9-16(11-18(17)22)19(23)14-5-1-12(2-6-14)13-3-7-15(8-4-13)20(24)28(25,26)27/h1-11,19-20,23-24H,(H2,25,26,27)/t19-,20-/m0/s1. The maximum atomic E-state index is 11.1. The van der Waals surface area contributed by atoms with Crippen LogP contribution in [-0.2, 0) is 4.57 Å². The molecule has 0 spiro atoms. The Morgan fingerprint density at radius 3 is 1.61 bits per heavy atom. The van der Waals surface area contributed by atoms with Gasteiger partial charge in [-0.15, -0.1) is 0 Å². The van der Waals surface area contributed by atoms with Gasteiger partial charge in [0.2, 0.25) is 0 Å². The van der Waals surface area contributed by atoms with Crippen LogP contribution in [0.15, 0.2) is 66.7 Å². The van der Waals surface area contributed by atoms with Crippen LogP contribution in [0.4, 0.5) is 0 Å². The average molecular weight is 439 g/mol. The van der Waals surface area contributed by atoms with E-state index in [1.807, 2.05) is 12.1 Å². The predicted molar refractivity (Wildman–Crippen MR) is 109 cm³/mol. The van der Waals surface area contributed by atoms with Crippen LogP contribution in [0.3, 0.4) is 0 Å². The van der Waals surface area contributed by atoms with E-state index < -0.39 is 19.5 Å². The minimum absolute atomic E-state index is 0.142. The third kappa shape index (κ3) is 4.65. The fourth-order valence-corrected chi connectivity index (χ4v) is 3.64. The zero-order valence-corrected chi connectivity index (χ0v) is 16.8. The first-order valence-corrected chi connectivity index (χ1v) is 10.7. The topological polar surface area (TPSA) is 98.0 Å². The van der Waals surface area contributed by atoms with Gasteiger partial charge in [0, 0.05) is 0 Å². The van der Waals surface area contributed by atoms with E-state index in [9.17, 15) is 14.8 Å². The van der Waals surface area contributed by atoms with Gasteiger partial charge >= 0.3 is 7.60 Å². The molecule has 0 radical (unpaired) electrons. The van der Waals surface area contributed by atoms with E-state index in [4.69, 9.17) is 33.0 Å². The Morgan fingerprint density at radius 1 is 0.679 bits per heavy atom. The Morgan fingerprint density at radius 2 is 1.14 bits per heavy atom. The van der Waals surface area contributed by atoms with Gasteiger partial charge in [0.1, 0.15) is 6.10 Å².